The van der Waals surface area contributed by atoms with Crippen molar-refractivity contribution in [3.05, 3.63) is 29.3 Å². The van der Waals surface area contributed by atoms with Crippen molar-refractivity contribution in [3.8, 4) is 0 Å². The van der Waals surface area contributed by atoms with E-state index in [4.69, 9.17) is 10.5 Å². The summed E-state index contributed by atoms with van der Waals surface area (Å²) in [7, 11) is 0. The van der Waals surface area contributed by atoms with E-state index in [2.05, 4.69) is 0 Å². The summed E-state index contributed by atoms with van der Waals surface area (Å²) < 4.78 is 5.08. The molecule has 1 unspecified atom stereocenters. The summed E-state index contributed by atoms with van der Waals surface area (Å²) in [5.74, 6) is -0.650. The number of anilines is 1. The summed E-state index contributed by atoms with van der Waals surface area (Å²) in [5, 5.41) is 0. The van der Waals surface area contributed by atoms with Crippen LogP contribution in [0.25, 0.3) is 0 Å². The molecule has 0 bridgehead atoms. The molecule has 1 aliphatic heterocycles. The first-order valence-corrected chi connectivity index (χ1v) is 6.90. The minimum Gasteiger partial charge on any atom is -0.464 e. The summed E-state index contributed by atoms with van der Waals surface area (Å²) in [6.07, 6.45) is 1.83. The van der Waals surface area contributed by atoms with Crippen LogP contribution in [0.5, 0.6) is 0 Å². The van der Waals surface area contributed by atoms with Crippen molar-refractivity contribution in [2.75, 3.05) is 18.1 Å². The lowest BCUT2D eigenvalue weighted by molar-refractivity contribution is -0.144. The highest BCUT2D eigenvalue weighted by molar-refractivity contribution is 5.93. The number of carbonyl (C=O) groups excluding carboxylic acids is 2. The SMILES string of the molecule is CCOC(=O)C(C)N1CCCc2cc(C(N)=O)ccc21. The number of rotatable bonds is 4. The van der Waals surface area contributed by atoms with Gasteiger partial charge in [-0.05, 0) is 50.5 Å². The Morgan fingerprint density at radius 1 is 1.45 bits per heavy atom. The molecule has 5 heteroatoms. The number of primary amides is 1. The Labute approximate surface area is 118 Å². The van der Waals surface area contributed by atoms with E-state index in [0.29, 0.717) is 12.2 Å². The molecule has 1 aliphatic rings. The van der Waals surface area contributed by atoms with Gasteiger partial charge in [0.15, 0.2) is 0 Å². The number of nitrogens with zero attached hydrogens (tertiary/aromatic N) is 1. The lowest BCUT2D eigenvalue weighted by Crippen LogP contribution is -2.43. The van der Waals surface area contributed by atoms with Gasteiger partial charge >= 0.3 is 5.97 Å². The minimum absolute atomic E-state index is 0.223. The van der Waals surface area contributed by atoms with Gasteiger partial charge < -0.3 is 15.4 Å². The second-order valence-corrected chi connectivity index (χ2v) is 4.93. The highest BCUT2D eigenvalue weighted by Crippen LogP contribution is 2.29. The van der Waals surface area contributed by atoms with E-state index in [1.807, 2.05) is 24.0 Å². The molecule has 0 saturated heterocycles. The number of esters is 1. The zero-order valence-corrected chi connectivity index (χ0v) is 11.9. The van der Waals surface area contributed by atoms with Crippen molar-refractivity contribution in [1.29, 1.82) is 0 Å². The standard InChI is InChI=1S/C15H20N2O3/c1-3-20-15(19)10(2)17-8-4-5-11-9-12(14(16)18)6-7-13(11)17/h6-7,9-10H,3-5,8H2,1-2H3,(H2,16,18). The number of aryl methyl sites for hydroxylation is 1. The van der Waals surface area contributed by atoms with Crippen molar-refractivity contribution in [2.45, 2.75) is 32.7 Å². The van der Waals surface area contributed by atoms with Gasteiger partial charge in [0.25, 0.3) is 0 Å². The fourth-order valence-corrected chi connectivity index (χ4v) is 2.57. The van der Waals surface area contributed by atoms with E-state index in [1.54, 1.807) is 13.0 Å². The normalized spacial score (nSPS) is 15.4. The summed E-state index contributed by atoms with van der Waals surface area (Å²) in [5.41, 5.74) is 7.86. The van der Waals surface area contributed by atoms with Crippen LogP contribution in [-0.4, -0.2) is 31.1 Å². The lowest BCUT2D eigenvalue weighted by atomic mass is 9.97. The summed E-state index contributed by atoms with van der Waals surface area (Å²) in [4.78, 5) is 25.1. The number of hydrogen-bond acceptors (Lipinski definition) is 4. The van der Waals surface area contributed by atoms with Gasteiger partial charge in [-0.25, -0.2) is 4.79 Å². The molecule has 2 N–H and O–H groups in total. The van der Waals surface area contributed by atoms with Crippen molar-refractivity contribution < 1.29 is 14.3 Å². The summed E-state index contributed by atoms with van der Waals surface area (Å²) >= 11 is 0. The van der Waals surface area contributed by atoms with Crippen LogP contribution < -0.4 is 10.6 Å². The molecule has 108 valence electrons. The van der Waals surface area contributed by atoms with Crippen LogP contribution in [0, 0.1) is 0 Å². The molecule has 1 aromatic carbocycles. The molecule has 0 aromatic heterocycles. The molecule has 5 nitrogen and oxygen atoms in total. The minimum atomic E-state index is -0.427. The molecule has 1 atom stereocenters. The maximum absolute atomic E-state index is 11.9. The first-order chi connectivity index (χ1) is 9.54. The van der Waals surface area contributed by atoms with Gasteiger partial charge in [-0.1, -0.05) is 0 Å². The molecule has 0 fully saturated rings. The maximum Gasteiger partial charge on any atom is 0.328 e. The third-order valence-electron chi connectivity index (χ3n) is 3.61. The predicted octanol–water partition coefficient (Wildman–Crippen LogP) is 1.49. The Kier molecular flexibility index (Phi) is 4.27. The third-order valence-corrected chi connectivity index (χ3v) is 3.61. The number of amides is 1. The van der Waals surface area contributed by atoms with E-state index in [0.717, 1.165) is 30.6 Å². The van der Waals surface area contributed by atoms with Crippen molar-refractivity contribution in [2.24, 2.45) is 5.73 Å². The van der Waals surface area contributed by atoms with Gasteiger partial charge in [-0.15, -0.1) is 0 Å². The van der Waals surface area contributed by atoms with Crippen LogP contribution in [0.1, 0.15) is 36.2 Å². The molecule has 0 spiro atoms. The number of benzene rings is 1. The highest BCUT2D eigenvalue weighted by Gasteiger charge is 2.27. The van der Waals surface area contributed by atoms with E-state index in [-0.39, 0.29) is 12.0 Å². The molecule has 20 heavy (non-hydrogen) atoms. The Hall–Kier alpha value is -2.04. The maximum atomic E-state index is 11.9. The quantitative estimate of drug-likeness (QED) is 0.846. The largest absolute Gasteiger partial charge is 0.464 e. The predicted molar refractivity (Wildman–Crippen MR) is 76.7 cm³/mol. The van der Waals surface area contributed by atoms with Crippen LogP contribution in [0.2, 0.25) is 0 Å². The van der Waals surface area contributed by atoms with Crippen LogP contribution in [-0.2, 0) is 16.0 Å². The molecule has 2 rings (SSSR count). The fraction of sp³-hybridized carbons (Fsp3) is 0.467. The van der Waals surface area contributed by atoms with Crippen LogP contribution in [0.15, 0.2) is 18.2 Å². The van der Waals surface area contributed by atoms with Gasteiger partial charge in [0, 0.05) is 17.8 Å². The molecular formula is C15H20N2O3. The number of hydrogen-bond donors (Lipinski definition) is 1. The number of fused-ring (bicyclic) bond motifs is 1. The lowest BCUT2D eigenvalue weighted by Gasteiger charge is -2.35. The van der Waals surface area contributed by atoms with Crippen molar-refractivity contribution in [1.82, 2.24) is 0 Å². The second kappa shape index (κ2) is 5.94. The van der Waals surface area contributed by atoms with Crippen molar-refractivity contribution in [3.63, 3.8) is 0 Å². The van der Waals surface area contributed by atoms with Gasteiger partial charge in [-0.3, -0.25) is 4.79 Å². The first kappa shape index (κ1) is 14.4. The molecule has 0 aliphatic carbocycles. The molecule has 1 amide bonds. The van der Waals surface area contributed by atoms with E-state index < -0.39 is 5.91 Å². The van der Waals surface area contributed by atoms with Crippen LogP contribution in [0.3, 0.4) is 0 Å². The number of nitrogens with two attached hydrogens (primary N) is 1. The molecule has 1 aromatic rings. The topological polar surface area (TPSA) is 72.6 Å². The third kappa shape index (κ3) is 2.76. The van der Waals surface area contributed by atoms with E-state index >= 15 is 0 Å². The van der Waals surface area contributed by atoms with Crippen LogP contribution >= 0.6 is 0 Å². The first-order valence-electron chi connectivity index (χ1n) is 6.90. The Bertz CT molecular complexity index is 528. The van der Waals surface area contributed by atoms with Gasteiger partial charge in [-0.2, -0.15) is 0 Å². The van der Waals surface area contributed by atoms with Crippen LogP contribution in [0.4, 0.5) is 5.69 Å². The molecule has 0 saturated carbocycles. The average molecular weight is 276 g/mol. The fourth-order valence-electron chi connectivity index (χ4n) is 2.57. The van der Waals surface area contributed by atoms with Crippen molar-refractivity contribution >= 4 is 17.6 Å². The molecular weight excluding hydrogens is 256 g/mol. The summed E-state index contributed by atoms with van der Waals surface area (Å²) in [6, 6.07) is 5.07. The van der Waals surface area contributed by atoms with E-state index in [9.17, 15) is 9.59 Å². The summed E-state index contributed by atoms with van der Waals surface area (Å²) in [6.45, 7) is 4.83. The average Bonchev–Trinajstić information content (AvgIpc) is 2.45. The molecule has 1 heterocycles. The number of carbonyl (C=O) groups is 2. The zero-order chi connectivity index (χ0) is 14.7. The Morgan fingerprint density at radius 2 is 2.20 bits per heavy atom. The monoisotopic (exact) mass is 276 g/mol. The van der Waals surface area contributed by atoms with E-state index in [1.165, 1.54) is 0 Å². The second-order valence-electron chi connectivity index (χ2n) is 4.93. The number of ether oxygens (including phenoxy) is 1. The van der Waals surface area contributed by atoms with Gasteiger partial charge in [0.2, 0.25) is 5.91 Å². The molecule has 0 radical (unpaired) electrons. The van der Waals surface area contributed by atoms with Gasteiger partial charge in [0.05, 0.1) is 6.61 Å². The zero-order valence-electron chi connectivity index (χ0n) is 11.9. The smallest absolute Gasteiger partial charge is 0.328 e. The van der Waals surface area contributed by atoms with Gasteiger partial charge in [0.1, 0.15) is 6.04 Å². The Morgan fingerprint density at radius 3 is 2.85 bits per heavy atom. The Balaban J connectivity index is 2.28. The highest BCUT2D eigenvalue weighted by atomic mass is 16.5.